The van der Waals surface area contributed by atoms with E-state index in [4.69, 9.17) is 34.3 Å². The second kappa shape index (κ2) is 23.6. The third-order valence-corrected chi connectivity index (χ3v) is 11.0. The van der Waals surface area contributed by atoms with Crippen molar-refractivity contribution in [3.63, 3.8) is 0 Å². The Morgan fingerprint density at radius 1 is 0.471 bits per heavy atom. The molecule has 17 heteroatoms. The number of pyridine rings is 3. The zero-order valence-electron chi connectivity index (χ0n) is 37.3. The first-order valence-corrected chi connectivity index (χ1v) is 22.1. The molecule has 1 aliphatic rings. The van der Waals surface area contributed by atoms with E-state index in [0.717, 1.165) is 18.4 Å². The Labute approximate surface area is 397 Å². The van der Waals surface area contributed by atoms with Crippen molar-refractivity contribution in [2.75, 3.05) is 26.4 Å². The summed E-state index contributed by atoms with van der Waals surface area (Å²) in [6.07, 6.45) is 6.61. The average Bonchev–Trinajstić information content (AvgIpc) is 3.36. The van der Waals surface area contributed by atoms with Crippen molar-refractivity contribution in [1.29, 1.82) is 0 Å². The Balaban J connectivity index is 0.000000155. The molecule has 70 heavy (non-hydrogen) atoms. The number of nitrogens with zero attached hydrogens (tertiary/aromatic N) is 3. The fourth-order valence-corrected chi connectivity index (χ4v) is 7.52. The minimum Gasteiger partial charge on any atom is -0.493 e. The predicted octanol–water partition coefficient (Wildman–Crippen LogP) is 11.4. The molecule has 360 valence electrons. The maximum Gasteiger partial charge on any atom is 0.354 e. The molecular formula is C53H45F4N3O10. The van der Waals surface area contributed by atoms with E-state index in [1.807, 2.05) is 30.3 Å². The molecule has 0 aliphatic heterocycles. The molecule has 0 unspecified atom stereocenters. The van der Waals surface area contributed by atoms with Crippen molar-refractivity contribution in [1.82, 2.24) is 15.0 Å². The molecule has 1 aliphatic carbocycles. The lowest BCUT2D eigenvalue weighted by Gasteiger charge is -2.22. The van der Waals surface area contributed by atoms with Gasteiger partial charge in [-0.25, -0.2) is 46.9 Å². The van der Waals surface area contributed by atoms with Crippen molar-refractivity contribution in [3.05, 3.63) is 173 Å². The number of rotatable bonds is 15. The first-order valence-electron chi connectivity index (χ1n) is 22.1. The highest BCUT2D eigenvalue weighted by molar-refractivity contribution is 5.95. The summed E-state index contributed by atoms with van der Waals surface area (Å²) in [6, 6.07) is 31.1. The van der Waals surface area contributed by atoms with E-state index in [1.54, 1.807) is 0 Å². The van der Waals surface area contributed by atoms with Gasteiger partial charge in [0.25, 0.3) is 0 Å². The van der Waals surface area contributed by atoms with Gasteiger partial charge in [-0.1, -0.05) is 49.6 Å². The summed E-state index contributed by atoms with van der Waals surface area (Å²) in [5.74, 6) is -3.26. The second-order valence-electron chi connectivity index (χ2n) is 16.0. The topological polar surface area (TPSA) is 187 Å². The van der Waals surface area contributed by atoms with Gasteiger partial charge < -0.3 is 34.3 Å². The van der Waals surface area contributed by atoms with Crippen LogP contribution in [0.1, 0.15) is 69.1 Å². The van der Waals surface area contributed by atoms with Crippen LogP contribution < -0.4 is 18.9 Å². The van der Waals surface area contributed by atoms with E-state index in [2.05, 4.69) is 15.0 Å². The molecule has 3 aromatic heterocycles. The average molecular weight is 960 g/mol. The molecule has 5 aromatic carbocycles. The Bertz CT molecular complexity index is 3120. The van der Waals surface area contributed by atoms with Gasteiger partial charge in [0.2, 0.25) is 0 Å². The van der Waals surface area contributed by atoms with Gasteiger partial charge in [0.05, 0.1) is 29.8 Å². The van der Waals surface area contributed by atoms with Crippen molar-refractivity contribution < 1.29 is 66.2 Å². The normalized spacial score (nSPS) is 12.3. The third kappa shape index (κ3) is 13.6. The maximum atomic E-state index is 13.5. The molecule has 0 spiro atoms. The van der Waals surface area contributed by atoms with Gasteiger partial charge in [-0.05, 0) is 103 Å². The molecule has 13 nitrogen and oxygen atoms in total. The summed E-state index contributed by atoms with van der Waals surface area (Å²) in [5, 5.41) is 28.7. The lowest BCUT2D eigenvalue weighted by atomic mass is 9.90. The van der Waals surface area contributed by atoms with Crippen LogP contribution in [0.4, 0.5) is 17.6 Å². The molecule has 0 bridgehead atoms. The number of carboxylic acids is 3. The van der Waals surface area contributed by atoms with Crippen LogP contribution in [-0.2, 0) is 6.42 Å². The van der Waals surface area contributed by atoms with Crippen LogP contribution >= 0.6 is 0 Å². The Hall–Kier alpha value is -8.34. The van der Waals surface area contributed by atoms with Crippen LogP contribution in [0.25, 0.3) is 32.7 Å². The summed E-state index contributed by atoms with van der Waals surface area (Å²) < 4.78 is 75.7. The number of aromatic carboxylic acids is 3. The standard InChI is InChI=1S/C18H13F2NO4.C18H14FNO3.C17H18FNO3/c19-11-1-4-13(5-2-11)24-7-8-25-17-10-16(18(22)23)21-15-6-3-12(20)9-14(15)17;19-13-6-7-15-14(10-13)17(11-16(20-15)18(21)22)23-9-8-12-4-2-1-3-5-12;18-12-6-7-14-13(8-12)16(9-15(19-14)17(20)21)22-10-11-4-2-1-3-5-11/h1-6,9-10H,7-8H2,(H,22,23);1-7,10-11H,8-9H2,(H,21,22);6-9,11H,1-5,10H2,(H,20,21). The molecule has 1 saturated carbocycles. The van der Waals surface area contributed by atoms with Gasteiger partial charge >= 0.3 is 17.9 Å². The highest BCUT2D eigenvalue weighted by atomic mass is 19.1. The zero-order valence-corrected chi connectivity index (χ0v) is 37.3. The predicted molar refractivity (Wildman–Crippen MR) is 251 cm³/mol. The van der Waals surface area contributed by atoms with Gasteiger partial charge in [0, 0.05) is 40.8 Å². The quantitative estimate of drug-likeness (QED) is 0.0651. The number of fused-ring (bicyclic) bond motifs is 3. The number of aromatic nitrogens is 3. The summed E-state index contributed by atoms with van der Waals surface area (Å²) in [5.41, 5.74) is 1.83. The van der Waals surface area contributed by atoms with E-state index in [1.165, 1.54) is 116 Å². The fraction of sp³-hybridized carbons (Fsp3) is 0.208. The highest BCUT2D eigenvalue weighted by Crippen LogP contribution is 2.31. The summed E-state index contributed by atoms with van der Waals surface area (Å²) in [6.45, 7) is 1.13. The maximum absolute atomic E-state index is 13.5. The number of carbonyl (C=O) groups is 3. The molecule has 0 amide bonds. The molecular weight excluding hydrogens is 915 g/mol. The van der Waals surface area contributed by atoms with E-state index in [0.29, 0.717) is 75.5 Å². The number of halogens is 4. The van der Waals surface area contributed by atoms with Crippen LogP contribution in [0.15, 0.2) is 127 Å². The van der Waals surface area contributed by atoms with Gasteiger partial charge in [0.15, 0.2) is 17.1 Å². The molecule has 0 radical (unpaired) electrons. The minimum absolute atomic E-state index is 0.0854. The van der Waals surface area contributed by atoms with Crippen molar-refractivity contribution in [2.24, 2.45) is 5.92 Å². The summed E-state index contributed by atoms with van der Waals surface area (Å²) >= 11 is 0. The van der Waals surface area contributed by atoms with Crippen molar-refractivity contribution in [3.8, 4) is 23.0 Å². The SMILES string of the molecule is O=C(O)c1cc(OCC2CCCCC2)c2cc(F)ccc2n1.O=C(O)c1cc(OCCOc2ccc(F)cc2)c2cc(F)ccc2n1.O=C(O)c1cc(OCCc2ccccc2)c2cc(F)ccc2n1. The monoisotopic (exact) mass is 959 g/mol. The molecule has 0 saturated heterocycles. The number of hydrogen-bond donors (Lipinski definition) is 3. The minimum atomic E-state index is -1.21. The Morgan fingerprint density at radius 3 is 1.34 bits per heavy atom. The van der Waals surface area contributed by atoms with E-state index < -0.39 is 29.5 Å². The van der Waals surface area contributed by atoms with E-state index in [9.17, 15) is 31.9 Å². The van der Waals surface area contributed by atoms with Crippen molar-refractivity contribution >= 4 is 50.6 Å². The third-order valence-electron chi connectivity index (χ3n) is 11.0. The van der Waals surface area contributed by atoms with Gasteiger partial charge in [0.1, 0.15) is 59.5 Å². The van der Waals surface area contributed by atoms with Gasteiger partial charge in [-0.3, -0.25) is 0 Å². The fourth-order valence-electron chi connectivity index (χ4n) is 7.52. The van der Waals surface area contributed by atoms with E-state index >= 15 is 0 Å². The Kier molecular flexibility index (Phi) is 16.7. The number of ether oxygens (including phenoxy) is 4. The van der Waals surface area contributed by atoms with Crippen LogP contribution in [0.5, 0.6) is 23.0 Å². The molecule has 1 fully saturated rings. The Morgan fingerprint density at radius 2 is 0.886 bits per heavy atom. The number of carboxylic acid groups (broad SMARTS) is 3. The van der Waals surface area contributed by atoms with Crippen molar-refractivity contribution in [2.45, 2.75) is 38.5 Å². The van der Waals surface area contributed by atoms with Crippen LogP contribution in [0, 0.1) is 29.2 Å². The van der Waals surface area contributed by atoms with Gasteiger partial charge in [-0.2, -0.15) is 0 Å². The smallest absolute Gasteiger partial charge is 0.354 e. The first kappa shape index (κ1) is 49.6. The van der Waals surface area contributed by atoms with Crippen LogP contribution in [0.3, 0.4) is 0 Å². The van der Waals surface area contributed by atoms with E-state index in [-0.39, 0.29) is 47.7 Å². The second-order valence-corrected chi connectivity index (χ2v) is 16.0. The summed E-state index contributed by atoms with van der Waals surface area (Å²) in [7, 11) is 0. The largest absolute Gasteiger partial charge is 0.493 e. The number of benzene rings is 5. The zero-order chi connectivity index (χ0) is 49.6. The molecule has 8 aromatic rings. The lowest BCUT2D eigenvalue weighted by molar-refractivity contribution is 0.0680. The summed E-state index contributed by atoms with van der Waals surface area (Å²) in [4.78, 5) is 45.5. The van der Waals surface area contributed by atoms with Gasteiger partial charge in [-0.15, -0.1) is 0 Å². The molecule has 0 atom stereocenters. The van der Waals surface area contributed by atoms with Crippen LogP contribution in [-0.4, -0.2) is 74.6 Å². The molecule has 9 rings (SSSR count). The molecule has 3 heterocycles. The lowest BCUT2D eigenvalue weighted by Crippen LogP contribution is -2.15. The van der Waals surface area contributed by atoms with Crippen LogP contribution in [0.2, 0.25) is 0 Å². The highest BCUT2D eigenvalue weighted by Gasteiger charge is 2.18. The molecule has 3 N–H and O–H groups in total. The number of hydrogen-bond acceptors (Lipinski definition) is 10. The first-order chi connectivity index (χ1) is 33.8.